The van der Waals surface area contributed by atoms with Gasteiger partial charge in [-0.1, -0.05) is 26.0 Å². The van der Waals surface area contributed by atoms with Gasteiger partial charge in [0.15, 0.2) is 0 Å². The molecule has 0 aliphatic rings. The molecule has 8 heteroatoms. The van der Waals surface area contributed by atoms with Gasteiger partial charge in [0.1, 0.15) is 12.1 Å². The van der Waals surface area contributed by atoms with Crippen LogP contribution in [0.4, 0.5) is 0 Å². The summed E-state index contributed by atoms with van der Waals surface area (Å²) in [5.74, 6) is -2.23. The average Bonchev–Trinajstić information content (AvgIpc) is 2.51. The van der Waals surface area contributed by atoms with Crippen molar-refractivity contribution < 1.29 is 14.7 Å². The number of benzene rings is 1. The molecule has 128 valence electrons. The van der Waals surface area contributed by atoms with Crippen LogP contribution in [0.5, 0.6) is 0 Å². The quantitative estimate of drug-likeness (QED) is 0.734. The standard InChI is InChI=1S/C16H19N3O5/c1-8(2)12(15(22)23)18-13(20)9(3)19-14(21)10-6-4-5-7-11(10)17-16(19)24/h4-9,12H,1-3H3,(H,17,24)(H,18,20)(H,22,23)/t9-,12+/m1/s1. The Morgan fingerprint density at radius 1 is 1.17 bits per heavy atom. The van der Waals surface area contributed by atoms with Crippen molar-refractivity contribution >= 4 is 22.8 Å². The van der Waals surface area contributed by atoms with E-state index in [4.69, 9.17) is 5.11 Å². The van der Waals surface area contributed by atoms with E-state index < -0.39 is 35.2 Å². The molecule has 24 heavy (non-hydrogen) atoms. The lowest BCUT2D eigenvalue weighted by Gasteiger charge is -2.21. The van der Waals surface area contributed by atoms with E-state index in [9.17, 15) is 19.2 Å². The molecule has 0 unspecified atom stereocenters. The van der Waals surface area contributed by atoms with Gasteiger partial charge < -0.3 is 15.4 Å². The number of para-hydroxylation sites is 1. The maximum atomic E-state index is 12.5. The highest BCUT2D eigenvalue weighted by Gasteiger charge is 2.27. The number of carbonyl (C=O) groups is 2. The molecule has 8 nitrogen and oxygen atoms in total. The summed E-state index contributed by atoms with van der Waals surface area (Å²) in [6, 6.07) is 4.21. The Balaban J connectivity index is 2.43. The number of amides is 1. The fourth-order valence-corrected chi connectivity index (χ4v) is 2.43. The monoisotopic (exact) mass is 333 g/mol. The minimum Gasteiger partial charge on any atom is -0.480 e. The first-order valence-corrected chi connectivity index (χ1v) is 7.50. The fraction of sp³-hybridized carbons (Fsp3) is 0.375. The molecule has 0 fully saturated rings. The molecular formula is C16H19N3O5. The number of hydrogen-bond acceptors (Lipinski definition) is 4. The third-order valence-electron chi connectivity index (χ3n) is 3.83. The predicted molar refractivity (Wildman–Crippen MR) is 87.9 cm³/mol. The zero-order chi connectivity index (χ0) is 18.0. The number of aromatic amines is 1. The maximum Gasteiger partial charge on any atom is 0.329 e. The molecule has 1 aromatic heterocycles. The molecule has 0 saturated carbocycles. The van der Waals surface area contributed by atoms with Crippen molar-refractivity contribution in [3.63, 3.8) is 0 Å². The van der Waals surface area contributed by atoms with Crippen LogP contribution in [0.15, 0.2) is 33.9 Å². The molecule has 1 aromatic carbocycles. The molecule has 1 amide bonds. The lowest BCUT2D eigenvalue weighted by Crippen LogP contribution is -2.49. The number of rotatable bonds is 5. The summed E-state index contributed by atoms with van der Waals surface area (Å²) in [6.45, 7) is 4.68. The van der Waals surface area contributed by atoms with Crippen LogP contribution >= 0.6 is 0 Å². The van der Waals surface area contributed by atoms with E-state index in [0.717, 1.165) is 4.57 Å². The number of hydrogen-bond donors (Lipinski definition) is 3. The van der Waals surface area contributed by atoms with Gasteiger partial charge in [0.05, 0.1) is 10.9 Å². The van der Waals surface area contributed by atoms with Crippen LogP contribution in [0.3, 0.4) is 0 Å². The van der Waals surface area contributed by atoms with E-state index in [1.165, 1.54) is 6.92 Å². The summed E-state index contributed by atoms with van der Waals surface area (Å²) in [4.78, 5) is 50.7. The molecule has 0 aliphatic heterocycles. The van der Waals surface area contributed by atoms with E-state index in [2.05, 4.69) is 10.3 Å². The zero-order valence-electron chi connectivity index (χ0n) is 13.6. The normalized spacial score (nSPS) is 13.7. The van der Waals surface area contributed by atoms with Crippen LogP contribution in [0, 0.1) is 5.92 Å². The molecule has 0 bridgehead atoms. The first kappa shape index (κ1) is 17.5. The Bertz CT molecular complexity index is 896. The summed E-state index contributed by atoms with van der Waals surface area (Å²) in [6.07, 6.45) is 0. The molecule has 0 radical (unpaired) electrons. The smallest absolute Gasteiger partial charge is 0.329 e. The lowest BCUT2D eigenvalue weighted by molar-refractivity contribution is -0.143. The van der Waals surface area contributed by atoms with Crippen molar-refractivity contribution in [2.45, 2.75) is 32.9 Å². The Hall–Kier alpha value is -2.90. The number of aliphatic carboxylic acids is 1. The number of nitrogens with zero attached hydrogens (tertiary/aromatic N) is 1. The first-order chi connectivity index (χ1) is 11.2. The second-order valence-corrected chi connectivity index (χ2v) is 5.90. The predicted octanol–water partition coefficient (Wildman–Crippen LogP) is 0.476. The topological polar surface area (TPSA) is 121 Å². The van der Waals surface area contributed by atoms with Gasteiger partial charge >= 0.3 is 11.7 Å². The molecular weight excluding hydrogens is 314 g/mol. The van der Waals surface area contributed by atoms with E-state index in [1.807, 2.05) is 0 Å². The first-order valence-electron chi connectivity index (χ1n) is 7.50. The van der Waals surface area contributed by atoms with Crippen LogP contribution in [0.2, 0.25) is 0 Å². The van der Waals surface area contributed by atoms with E-state index in [0.29, 0.717) is 5.52 Å². The summed E-state index contributed by atoms with van der Waals surface area (Å²) in [5, 5.41) is 11.8. The molecule has 2 rings (SSSR count). The van der Waals surface area contributed by atoms with Crippen LogP contribution in [-0.4, -0.2) is 32.6 Å². The summed E-state index contributed by atoms with van der Waals surface area (Å²) in [5.41, 5.74) is -0.951. The maximum absolute atomic E-state index is 12.5. The second kappa shape index (κ2) is 6.69. The third kappa shape index (κ3) is 3.22. The number of nitrogens with one attached hydrogen (secondary N) is 2. The van der Waals surface area contributed by atoms with Crippen molar-refractivity contribution in [2.75, 3.05) is 0 Å². The van der Waals surface area contributed by atoms with Crippen LogP contribution in [0.1, 0.15) is 26.8 Å². The van der Waals surface area contributed by atoms with Crippen LogP contribution < -0.4 is 16.6 Å². The third-order valence-corrected chi connectivity index (χ3v) is 3.83. The number of carboxylic acid groups (broad SMARTS) is 1. The van der Waals surface area contributed by atoms with Crippen molar-refractivity contribution in [1.29, 1.82) is 0 Å². The van der Waals surface area contributed by atoms with Crippen LogP contribution in [-0.2, 0) is 9.59 Å². The molecule has 2 atom stereocenters. The van der Waals surface area contributed by atoms with Gasteiger partial charge in [-0.15, -0.1) is 0 Å². The lowest BCUT2D eigenvalue weighted by atomic mass is 10.0. The zero-order valence-corrected chi connectivity index (χ0v) is 13.6. The number of aromatic nitrogens is 2. The Morgan fingerprint density at radius 3 is 2.38 bits per heavy atom. The highest BCUT2D eigenvalue weighted by Crippen LogP contribution is 2.08. The van der Waals surface area contributed by atoms with Gasteiger partial charge in [0, 0.05) is 0 Å². The summed E-state index contributed by atoms with van der Waals surface area (Å²) in [7, 11) is 0. The van der Waals surface area contributed by atoms with Gasteiger partial charge in [-0.3, -0.25) is 9.59 Å². The summed E-state index contributed by atoms with van der Waals surface area (Å²) < 4.78 is 0.789. The van der Waals surface area contributed by atoms with Crippen molar-refractivity contribution in [2.24, 2.45) is 5.92 Å². The number of fused-ring (bicyclic) bond motifs is 1. The SMILES string of the molecule is CC(C)[C@H](NC(=O)[C@@H](C)n1c(=O)[nH]c2ccccc2c1=O)C(=O)O. The highest BCUT2D eigenvalue weighted by molar-refractivity contribution is 5.86. The molecule has 0 saturated heterocycles. The number of carboxylic acids is 1. The van der Waals surface area contributed by atoms with Crippen molar-refractivity contribution in [3.8, 4) is 0 Å². The molecule has 1 heterocycles. The number of H-pyrrole nitrogens is 1. The van der Waals surface area contributed by atoms with Crippen LogP contribution in [0.25, 0.3) is 10.9 Å². The second-order valence-electron chi connectivity index (χ2n) is 5.90. The number of carbonyl (C=O) groups excluding carboxylic acids is 1. The Morgan fingerprint density at radius 2 is 1.79 bits per heavy atom. The van der Waals surface area contributed by atoms with E-state index in [1.54, 1.807) is 38.1 Å². The largest absolute Gasteiger partial charge is 0.480 e. The fourth-order valence-electron chi connectivity index (χ4n) is 2.43. The van der Waals surface area contributed by atoms with Gasteiger partial charge in [-0.2, -0.15) is 0 Å². The molecule has 0 aliphatic carbocycles. The van der Waals surface area contributed by atoms with Gasteiger partial charge in [-0.05, 0) is 25.0 Å². The average molecular weight is 333 g/mol. The van der Waals surface area contributed by atoms with E-state index >= 15 is 0 Å². The Kier molecular flexibility index (Phi) is 4.87. The van der Waals surface area contributed by atoms with Gasteiger partial charge in [0.25, 0.3) is 5.56 Å². The van der Waals surface area contributed by atoms with Crippen molar-refractivity contribution in [1.82, 2.24) is 14.9 Å². The summed E-state index contributed by atoms with van der Waals surface area (Å²) >= 11 is 0. The van der Waals surface area contributed by atoms with Gasteiger partial charge in [-0.25, -0.2) is 14.2 Å². The molecule has 2 aromatic rings. The minimum absolute atomic E-state index is 0.274. The van der Waals surface area contributed by atoms with E-state index in [-0.39, 0.29) is 11.3 Å². The highest BCUT2D eigenvalue weighted by atomic mass is 16.4. The molecule has 0 spiro atoms. The van der Waals surface area contributed by atoms with Crippen molar-refractivity contribution in [3.05, 3.63) is 45.1 Å². The Labute approximate surface area is 137 Å². The van der Waals surface area contributed by atoms with Gasteiger partial charge in [0.2, 0.25) is 5.91 Å². The minimum atomic E-state index is -1.18. The molecule has 3 N–H and O–H groups in total.